The summed E-state index contributed by atoms with van der Waals surface area (Å²) in [7, 11) is 0. The van der Waals surface area contributed by atoms with Gasteiger partial charge in [0.05, 0.1) is 4.99 Å². The number of nitrogens with two attached hydrogens (primary N) is 1. The molecule has 4 heteroatoms. The molecule has 0 bridgehead atoms. The van der Waals surface area contributed by atoms with Crippen LogP contribution in [-0.4, -0.2) is 9.56 Å². The van der Waals surface area contributed by atoms with Crippen molar-refractivity contribution in [3.05, 3.63) is 34.7 Å². The summed E-state index contributed by atoms with van der Waals surface area (Å²) in [6.07, 6.45) is 3.28. The van der Waals surface area contributed by atoms with Crippen LogP contribution in [0, 0.1) is 0 Å². The summed E-state index contributed by atoms with van der Waals surface area (Å²) in [4.78, 5) is 11.7. The molecule has 0 fully saturated rings. The minimum Gasteiger partial charge on any atom is -0.393 e. The Hall–Kier alpha value is -1.16. The van der Waals surface area contributed by atoms with E-state index in [4.69, 9.17) is 18.0 Å². The van der Waals surface area contributed by atoms with E-state index in [-0.39, 0.29) is 5.56 Å². The van der Waals surface area contributed by atoms with E-state index >= 15 is 0 Å². The zero-order valence-electron chi connectivity index (χ0n) is 7.27. The van der Waals surface area contributed by atoms with Crippen LogP contribution in [0.5, 0.6) is 0 Å². The molecule has 1 rings (SSSR count). The van der Waals surface area contributed by atoms with Gasteiger partial charge in [-0.3, -0.25) is 4.79 Å². The molecule has 0 atom stereocenters. The molecule has 1 aromatic rings. The van der Waals surface area contributed by atoms with Gasteiger partial charge in [-0.1, -0.05) is 18.3 Å². The minimum absolute atomic E-state index is 0.0189. The quantitative estimate of drug-likeness (QED) is 0.728. The molecular weight excluding hydrogens is 184 g/mol. The van der Waals surface area contributed by atoms with Gasteiger partial charge in [0.1, 0.15) is 0 Å². The molecule has 13 heavy (non-hydrogen) atoms. The van der Waals surface area contributed by atoms with Gasteiger partial charge in [0, 0.05) is 18.8 Å². The maximum atomic E-state index is 11.2. The molecule has 0 radical (unpaired) electrons. The molecule has 0 aliphatic heterocycles. The summed E-state index contributed by atoms with van der Waals surface area (Å²) in [5.41, 5.74) is 5.36. The summed E-state index contributed by atoms with van der Waals surface area (Å²) >= 11 is 4.73. The third-order valence-corrected chi connectivity index (χ3v) is 1.93. The fourth-order valence-corrected chi connectivity index (χ4v) is 1.21. The Bertz CT molecular complexity index is 345. The number of rotatable bonds is 4. The number of hydrogen-bond acceptors (Lipinski definition) is 2. The average molecular weight is 196 g/mol. The van der Waals surface area contributed by atoms with Gasteiger partial charge in [-0.15, -0.1) is 0 Å². The molecule has 2 N–H and O–H groups in total. The van der Waals surface area contributed by atoms with Crippen molar-refractivity contribution in [3.8, 4) is 0 Å². The van der Waals surface area contributed by atoms with Gasteiger partial charge in [0.25, 0.3) is 0 Å². The molecule has 0 spiro atoms. The van der Waals surface area contributed by atoms with Gasteiger partial charge in [0.2, 0.25) is 5.56 Å². The number of aromatic nitrogens is 1. The van der Waals surface area contributed by atoms with Gasteiger partial charge in [-0.25, -0.2) is 0 Å². The highest BCUT2D eigenvalue weighted by Gasteiger charge is 1.94. The molecule has 0 aromatic carbocycles. The maximum absolute atomic E-state index is 11.2. The zero-order valence-corrected chi connectivity index (χ0v) is 8.09. The molecule has 0 saturated carbocycles. The normalized spacial score (nSPS) is 9.85. The lowest BCUT2D eigenvalue weighted by Gasteiger charge is -2.03. The van der Waals surface area contributed by atoms with Gasteiger partial charge >= 0.3 is 0 Å². The van der Waals surface area contributed by atoms with E-state index in [0.29, 0.717) is 18.0 Å². The Balaban J connectivity index is 2.50. The van der Waals surface area contributed by atoms with Gasteiger partial charge in [-0.05, 0) is 18.9 Å². The van der Waals surface area contributed by atoms with Gasteiger partial charge in [0.15, 0.2) is 0 Å². The second-order valence-corrected chi connectivity index (χ2v) is 3.33. The highest BCUT2D eigenvalue weighted by molar-refractivity contribution is 7.80. The van der Waals surface area contributed by atoms with E-state index in [1.54, 1.807) is 22.9 Å². The van der Waals surface area contributed by atoms with Crippen molar-refractivity contribution >= 4 is 17.2 Å². The molecule has 0 unspecified atom stereocenters. The first-order valence-electron chi connectivity index (χ1n) is 4.14. The molecule has 0 amide bonds. The Morgan fingerprint density at radius 2 is 2.31 bits per heavy atom. The number of hydrogen-bond donors (Lipinski definition) is 1. The van der Waals surface area contributed by atoms with Gasteiger partial charge < -0.3 is 10.3 Å². The average Bonchev–Trinajstić information content (AvgIpc) is 2.08. The van der Waals surface area contributed by atoms with Crippen molar-refractivity contribution < 1.29 is 0 Å². The lowest BCUT2D eigenvalue weighted by Crippen LogP contribution is -2.18. The van der Waals surface area contributed by atoms with Crippen LogP contribution in [0.1, 0.15) is 12.8 Å². The summed E-state index contributed by atoms with van der Waals surface area (Å²) in [5.74, 6) is 0. The Morgan fingerprint density at radius 3 is 2.92 bits per heavy atom. The van der Waals surface area contributed by atoms with Crippen LogP contribution in [0.15, 0.2) is 29.2 Å². The SMILES string of the molecule is NC(=S)CCCn1ccccc1=O. The van der Waals surface area contributed by atoms with Crippen molar-refractivity contribution in [2.45, 2.75) is 19.4 Å². The van der Waals surface area contributed by atoms with Crippen LogP contribution in [-0.2, 0) is 6.54 Å². The van der Waals surface area contributed by atoms with Crippen molar-refractivity contribution in [1.82, 2.24) is 4.57 Å². The largest absolute Gasteiger partial charge is 0.393 e. The molecule has 0 saturated heterocycles. The zero-order chi connectivity index (χ0) is 9.68. The van der Waals surface area contributed by atoms with Crippen LogP contribution in [0.25, 0.3) is 0 Å². The van der Waals surface area contributed by atoms with E-state index in [1.165, 1.54) is 0 Å². The first-order chi connectivity index (χ1) is 6.20. The number of aryl methyl sites for hydroxylation is 1. The van der Waals surface area contributed by atoms with Crippen molar-refractivity contribution in [2.75, 3.05) is 0 Å². The van der Waals surface area contributed by atoms with E-state index < -0.39 is 0 Å². The van der Waals surface area contributed by atoms with E-state index in [0.717, 1.165) is 6.42 Å². The standard InChI is InChI=1S/C9H12N2OS/c10-8(13)4-3-7-11-6-2-1-5-9(11)12/h1-2,5-6H,3-4,7H2,(H2,10,13). The topological polar surface area (TPSA) is 48.0 Å². The second-order valence-electron chi connectivity index (χ2n) is 2.80. The number of pyridine rings is 1. The fourth-order valence-electron chi connectivity index (χ4n) is 1.07. The summed E-state index contributed by atoms with van der Waals surface area (Å²) in [6, 6.07) is 5.11. The maximum Gasteiger partial charge on any atom is 0.250 e. The van der Waals surface area contributed by atoms with Crippen LogP contribution in [0.4, 0.5) is 0 Å². The Morgan fingerprint density at radius 1 is 1.54 bits per heavy atom. The van der Waals surface area contributed by atoms with Crippen molar-refractivity contribution in [1.29, 1.82) is 0 Å². The fraction of sp³-hybridized carbons (Fsp3) is 0.333. The molecular formula is C9H12N2OS. The number of thiocarbonyl (C=S) groups is 1. The van der Waals surface area contributed by atoms with E-state index in [1.807, 2.05) is 6.07 Å². The third-order valence-electron chi connectivity index (χ3n) is 1.72. The molecule has 0 aliphatic carbocycles. The van der Waals surface area contributed by atoms with Crippen molar-refractivity contribution in [2.24, 2.45) is 5.73 Å². The predicted molar refractivity (Wildman–Crippen MR) is 56.7 cm³/mol. The monoisotopic (exact) mass is 196 g/mol. The minimum atomic E-state index is 0.0189. The molecule has 1 heterocycles. The summed E-state index contributed by atoms with van der Waals surface area (Å²) in [6.45, 7) is 0.678. The smallest absolute Gasteiger partial charge is 0.250 e. The second kappa shape index (κ2) is 4.77. The first kappa shape index (κ1) is 9.92. The van der Waals surface area contributed by atoms with Crippen LogP contribution < -0.4 is 11.3 Å². The van der Waals surface area contributed by atoms with Crippen LogP contribution in [0.3, 0.4) is 0 Å². The number of nitrogens with zero attached hydrogens (tertiary/aromatic N) is 1. The molecule has 70 valence electrons. The molecule has 1 aromatic heterocycles. The summed E-state index contributed by atoms with van der Waals surface area (Å²) < 4.78 is 1.65. The van der Waals surface area contributed by atoms with Gasteiger partial charge in [-0.2, -0.15) is 0 Å². The summed E-state index contributed by atoms with van der Waals surface area (Å²) in [5, 5.41) is 0. The Kier molecular flexibility index (Phi) is 3.64. The lowest BCUT2D eigenvalue weighted by atomic mass is 10.3. The van der Waals surface area contributed by atoms with E-state index in [9.17, 15) is 4.79 Å². The highest BCUT2D eigenvalue weighted by atomic mass is 32.1. The van der Waals surface area contributed by atoms with Crippen LogP contribution >= 0.6 is 12.2 Å². The predicted octanol–water partition coefficient (Wildman–Crippen LogP) is 0.915. The Labute approximate surface area is 82.2 Å². The van der Waals surface area contributed by atoms with Crippen LogP contribution in [0.2, 0.25) is 0 Å². The molecule has 0 aliphatic rings. The third kappa shape index (κ3) is 3.38. The molecule has 3 nitrogen and oxygen atoms in total. The first-order valence-corrected chi connectivity index (χ1v) is 4.55. The highest BCUT2D eigenvalue weighted by Crippen LogP contribution is 1.92. The van der Waals surface area contributed by atoms with E-state index in [2.05, 4.69) is 0 Å². The van der Waals surface area contributed by atoms with Crippen molar-refractivity contribution in [3.63, 3.8) is 0 Å². The lowest BCUT2D eigenvalue weighted by molar-refractivity contribution is 0.637.